The van der Waals surface area contributed by atoms with Crippen LogP contribution in [0.3, 0.4) is 0 Å². The maximum Gasteiger partial charge on any atom is 0.412 e. The Bertz CT molecular complexity index is 263. The number of carbonyl (C=O) groups excluding carboxylic acids is 1. The number of nitrogens with zero attached hydrogens (tertiary/aromatic N) is 1. The van der Waals surface area contributed by atoms with Crippen molar-refractivity contribution in [2.75, 3.05) is 26.8 Å². The Hall–Kier alpha value is -0.810. The number of amides is 1. The number of rotatable bonds is 2. The number of hydrogen-bond donors (Lipinski definition) is 0. The van der Waals surface area contributed by atoms with E-state index in [1.807, 2.05) is 13.8 Å². The monoisotopic (exact) mass is 231 g/mol. The highest BCUT2D eigenvalue weighted by Gasteiger charge is 2.33. The first-order valence-electron chi connectivity index (χ1n) is 5.43. The van der Waals surface area contributed by atoms with Gasteiger partial charge in [-0.15, -0.1) is 0 Å². The van der Waals surface area contributed by atoms with E-state index >= 15 is 0 Å². The van der Waals surface area contributed by atoms with Crippen molar-refractivity contribution in [2.24, 2.45) is 0 Å². The Morgan fingerprint density at radius 2 is 2.06 bits per heavy atom. The van der Waals surface area contributed by atoms with Gasteiger partial charge in [-0.25, -0.2) is 4.79 Å². The van der Waals surface area contributed by atoms with Crippen molar-refractivity contribution in [1.82, 2.24) is 4.90 Å². The third-order valence-corrected chi connectivity index (χ3v) is 2.51. The highest BCUT2D eigenvalue weighted by Crippen LogP contribution is 2.19. The molecule has 0 unspecified atom stereocenters. The van der Waals surface area contributed by atoms with Crippen LogP contribution in [0.25, 0.3) is 0 Å². The summed E-state index contributed by atoms with van der Waals surface area (Å²) in [6, 6.07) is 0. The van der Waals surface area contributed by atoms with Crippen LogP contribution in [0.4, 0.5) is 4.79 Å². The van der Waals surface area contributed by atoms with Crippen LogP contribution in [0, 0.1) is 0 Å². The first-order chi connectivity index (χ1) is 7.26. The van der Waals surface area contributed by atoms with Gasteiger partial charge < -0.3 is 19.1 Å². The second-order valence-corrected chi connectivity index (χ2v) is 5.00. The summed E-state index contributed by atoms with van der Waals surface area (Å²) in [7, 11) is 1.51. The lowest BCUT2D eigenvalue weighted by Gasteiger charge is -2.38. The minimum Gasteiger partial charge on any atom is -0.417 e. The van der Waals surface area contributed by atoms with Gasteiger partial charge in [-0.1, -0.05) is 0 Å². The van der Waals surface area contributed by atoms with Crippen molar-refractivity contribution in [3.8, 4) is 0 Å². The van der Waals surface area contributed by atoms with Gasteiger partial charge in [-0.2, -0.15) is 0 Å². The van der Waals surface area contributed by atoms with Crippen molar-refractivity contribution in [3.63, 3.8) is 0 Å². The Labute approximate surface area is 96.6 Å². The molecule has 0 aliphatic carbocycles. The largest absolute Gasteiger partial charge is 0.417 e. The van der Waals surface area contributed by atoms with Gasteiger partial charge in [0.05, 0.1) is 18.8 Å². The first-order valence-corrected chi connectivity index (χ1v) is 5.43. The van der Waals surface area contributed by atoms with Gasteiger partial charge in [0, 0.05) is 27.5 Å². The molecule has 16 heavy (non-hydrogen) atoms. The topological polar surface area (TPSA) is 48.0 Å². The molecule has 5 nitrogen and oxygen atoms in total. The van der Waals surface area contributed by atoms with Gasteiger partial charge in [0.15, 0.2) is 0 Å². The molecule has 5 heteroatoms. The van der Waals surface area contributed by atoms with Crippen molar-refractivity contribution < 1.29 is 19.0 Å². The summed E-state index contributed by atoms with van der Waals surface area (Å²) in [4.78, 5) is 13.5. The lowest BCUT2D eigenvalue weighted by molar-refractivity contribution is -0.170. The number of carbonyl (C=O) groups is 1. The summed E-state index contributed by atoms with van der Waals surface area (Å²) in [5, 5.41) is 0. The predicted octanol–water partition coefficient (Wildman–Crippen LogP) is 1.62. The molecule has 1 fully saturated rings. The molecular weight excluding hydrogens is 210 g/mol. The molecule has 94 valence electrons. The van der Waals surface area contributed by atoms with Crippen LogP contribution in [0.15, 0.2) is 0 Å². The van der Waals surface area contributed by atoms with Crippen molar-refractivity contribution in [3.05, 3.63) is 0 Å². The van der Waals surface area contributed by atoms with Crippen LogP contribution in [0.2, 0.25) is 0 Å². The van der Waals surface area contributed by atoms with E-state index < -0.39 is 5.79 Å². The molecule has 0 N–H and O–H groups in total. The fraction of sp³-hybridized carbons (Fsp3) is 0.909. The van der Waals surface area contributed by atoms with Gasteiger partial charge in [-0.3, -0.25) is 0 Å². The van der Waals surface area contributed by atoms with E-state index in [4.69, 9.17) is 14.2 Å². The van der Waals surface area contributed by atoms with E-state index in [2.05, 4.69) is 0 Å². The molecular formula is C11H21NO4. The molecule has 1 heterocycles. The highest BCUT2D eigenvalue weighted by atomic mass is 16.7. The quantitative estimate of drug-likeness (QED) is 0.677. The molecule has 1 aliphatic rings. The van der Waals surface area contributed by atoms with E-state index in [-0.39, 0.29) is 11.7 Å². The van der Waals surface area contributed by atoms with Crippen molar-refractivity contribution in [1.29, 1.82) is 0 Å². The van der Waals surface area contributed by atoms with E-state index in [1.54, 1.807) is 18.7 Å². The van der Waals surface area contributed by atoms with Gasteiger partial charge in [-0.05, 0) is 13.8 Å². The van der Waals surface area contributed by atoms with E-state index in [0.29, 0.717) is 19.7 Å². The Kier molecular flexibility index (Phi) is 3.80. The highest BCUT2D eigenvalue weighted by molar-refractivity contribution is 5.68. The molecule has 1 aliphatic heterocycles. The molecule has 0 bridgehead atoms. The van der Waals surface area contributed by atoms with E-state index in [1.165, 1.54) is 7.11 Å². The first kappa shape index (κ1) is 13.3. The minimum atomic E-state index is -0.889. The maximum atomic E-state index is 11.8. The fourth-order valence-electron chi connectivity index (χ4n) is 1.49. The van der Waals surface area contributed by atoms with Crippen LogP contribution in [0.1, 0.15) is 27.7 Å². The Balaban J connectivity index is 2.54. The fourth-order valence-corrected chi connectivity index (χ4v) is 1.49. The van der Waals surface area contributed by atoms with Crippen LogP contribution >= 0.6 is 0 Å². The molecule has 0 saturated carbocycles. The smallest absolute Gasteiger partial charge is 0.412 e. The Morgan fingerprint density at radius 1 is 1.44 bits per heavy atom. The summed E-state index contributed by atoms with van der Waals surface area (Å²) < 4.78 is 15.8. The molecule has 1 saturated heterocycles. The Morgan fingerprint density at radius 3 is 2.56 bits per heavy atom. The molecule has 0 spiro atoms. The number of morpholine rings is 1. The van der Waals surface area contributed by atoms with Crippen LogP contribution in [0.5, 0.6) is 0 Å². The third-order valence-electron chi connectivity index (χ3n) is 2.51. The molecule has 0 aromatic heterocycles. The third kappa shape index (κ3) is 3.64. The molecule has 0 aromatic carbocycles. The van der Waals surface area contributed by atoms with Gasteiger partial charge in [0.2, 0.25) is 5.79 Å². The summed E-state index contributed by atoms with van der Waals surface area (Å²) in [5.41, 5.74) is -0.311. The van der Waals surface area contributed by atoms with Crippen LogP contribution in [-0.2, 0) is 14.2 Å². The van der Waals surface area contributed by atoms with E-state index in [0.717, 1.165) is 0 Å². The zero-order valence-electron chi connectivity index (χ0n) is 10.7. The lowest BCUT2D eigenvalue weighted by atomic mass is 10.1. The van der Waals surface area contributed by atoms with Crippen LogP contribution < -0.4 is 0 Å². The molecule has 0 radical (unpaired) electrons. The normalized spacial score (nSPS) is 20.7. The summed E-state index contributed by atoms with van der Waals surface area (Å²) in [6.45, 7) is 8.94. The van der Waals surface area contributed by atoms with Gasteiger partial charge in [0.1, 0.15) is 0 Å². The summed E-state index contributed by atoms with van der Waals surface area (Å²) in [5.74, 6) is -0.889. The maximum absolute atomic E-state index is 11.8. The standard InChI is InChI=1S/C11H21NO4/c1-10(2)8-12(6-7-15-10)9(13)16-11(3,4)14-5/h6-8H2,1-5H3. The number of hydrogen-bond acceptors (Lipinski definition) is 4. The molecule has 0 aromatic rings. The van der Waals surface area contributed by atoms with Crippen LogP contribution in [-0.4, -0.2) is 49.2 Å². The SMILES string of the molecule is COC(C)(C)OC(=O)N1CCOC(C)(C)C1. The molecule has 0 atom stereocenters. The molecule has 1 amide bonds. The van der Waals surface area contributed by atoms with Crippen molar-refractivity contribution >= 4 is 6.09 Å². The average Bonchev–Trinajstić information content (AvgIpc) is 2.15. The van der Waals surface area contributed by atoms with E-state index in [9.17, 15) is 4.79 Å². The zero-order chi connectivity index (χ0) is 12.4. The second-order valence-electron chi connectivity index (χ2n) is 5.00. The van der Waals surface area contributed by atoms with Gasteiger partial charge in [0.25, 0.3) is 0 Å². The summed E-state index contributed by atoms with van der Waals surface area (Å²) in [6.07, 6.45) is -0.358. The predicted molar refractivity (Wildman–Crippen MR) is 59.2 cm³/mol. The second kappa shape index (κ2) is 4.59. The lowest BCUT2D eigenvalue weighted by Crippen LogP contribution is -2.52. The molecule has 1 rings (SSSR count). The van der Waals surface area contributed by atoms with Crippen molar-refractivity contribution in [2.45, 2.75) is 39.1 Å². The van der Waals surface area contributed by atoms with Gasteiger partial charge >= 0.3 is 6.09 Å². The number of methoxy groups -OCH3 is 1. The summed E-state index contributed by atoms with van der Waals surface area (Å²) >= 11 is 0. The number of ether oxygens (including phenoxy) is 3. The average molecular weight is 231 g/mol. The minimum absolute atomic E-state index is 0.311. The zero-order valence-corrected chi connectivity index (χ0v) is 10.7.